The van der Waals surface area contributed by atoms with Crippen molar-refractivity contribution < 1.29 is 14.1 Å². The quantitative estimate of drug-likeness (QED) is 0.113. The third-order valence-electron chi connectivity index (χ3n) is 5.37. The number of hydrogen-bond donors (Lipinski definition) is 1. The Morgan fingerprint density at radius 2 is 2.00 bits per heavy atom. The Balaban J connectivity index is 1.53. The van der Waals surface area contributed by atoms with Crippen molar-refractivity contribution in [1.29, 1.82) is 0 Å². The number of aromatic nitrogens is 3. The van der Waals surface area contributed by atoms with Crippen LogP contribution < -0.4 is 10.1 Å². The summed E-state index contributed by atoms with van der Waals surface area (Å²) in [6.45, 7) is 2.13. The van der Waals surface area contributed by atoms with E-state index in [2.05, 4.69) is 43.4 Å². The molecule has 35 heavy (non-hydrogen) atoms. The van der Waals surface area contributed by atoms with Crippen LogP contribution in [-0.2, 0) is 0 Å². The molecule has 0 saturated heterocycles. The average Bonchev–Trinajstić information content (AvgIpc) is 3.29. The molecule has 2 aromatic heterocycles. The van der Waals surface area contributed by atoms with Gasteiger partial charge >= 0.3 is 0 Å². The van der Waals surface area contributed by atoms with E-state index in [0.717, 1.165) is 34.3 Å². The second-order valence-electron chi connectivity index (χ2n) is 7.76. The van der Waals surface area contributed by atoms with Gasteiger partial charge in [0, 0.05) is 27.5 Å². The van der Waals surface area contributed by atoms with Gasteiger partial charge in [0.2, 0.25) is 17.3 Å². The number of thioether (sulfide) groups is 1. The minimum Gasteiger partial charge on any atom is -0.455 e. The minimum atomic E-state index is -0.738. The molecule has 0 amide bonds. The summed E-state index contributed by atoms with van der Waals surface area (Å²) >= 11 is 5.05. The predicted molar refractivity (Wildman–Crippen MR) is 136 cm³/mol. The molecule has 1 aliphatic rings. The van der Waals surface area contributed by atoms with Crippen molar-refractivity contribution in [2.24, 2.45) is 0 Å². The Morgan fingerprint density at radius 1 is 1.14 bits per heavy atom. The Labute approximate surface area is 213 Å². The highest BCUT2D eigenvalue weighted by molar-refractivity contribution is 9.10. The first-order chi connectivity index (χ1) is 17.0. The van der Waals surface area contributed by atoms with Gasteiger partial charge in [-0.05, 0) is 42.8 Å². The molecule has 178 valence electrons. The van der Waals surface area contributed by atoms with Gasteiger partial charge in [-0.25, -0.2) is 0 Å². The van der Waals surface area contributed by atoms with Crippen LogP contribution in [0.1, 0.15) is 31.8 Å². The standard InChI is InChI=1S/C24H20BrN5O4S/c1-2-3-12-35-24-27-23-21(28-29-24)16-13-14(25)8-9-17(16)26-22(34-23)20-11-10-19(33-20)15-6-4-5-7-18(15)30(31)32/h4-11,13,22,26H,2-3,12H2,1H3/t22-/m1/s1. The molecular formula is C24H20BrN5O4S. The first-order valence-electron chi connectivity index (χ1n) is 11.0. The third-order valence-corrected chi connectivity index (χ3v) is 6.79. The fourth-order valence-corrected chi connectivity index (χ4v) is 4.87. The first kappa shape index (κ1) is 23.3. The normalized spacial score (nSPS) is 14.3. The van der Waals surface area contributed by atoms with Crippen molar-refractivity contribution in [3.8, 4) is 28.5 Å². The summed E-state index contributed by atoms with van der Waals surface area (Å²) in [5.74, 6) is 2.03. The smallest absolute Gasteiger partial charge is 0.280 e. The number of furan rings is 1. The molecule has 4 aromatic rings. The van der Waals surface area contributed by atoms with Crippen LogP contribution in [0.4, 0.5) is 11.4 Å². The van der Waals surface area contributed by atoms with Crippen molar-refractivity contribution in [2.45, 2.75) is 31.1 Å². The average molecular weight is 554 g/mol. The maximum Gasteiger partial charge on any atom is 0.280 e. The molecule has 3 heterocycles. The molecule has 0 radical (unpaired) electrons. The number of nitrogens with zero attached hydrogens (tertiary/aromatic N) is 4. The molecule has 1 N–H and O–H groups in total. The molecule has 0 unspecified atom stereocenters. The highest BCUT2D eigenvalue weighted by Gasteiger charge is 2.29. The van der Waals surface area contributed by atoms with Gasteiger partial charge in [-0.3, -0.25) is 10.1 Å². The summed E-state index contributed by atoms with van der Waals surface area (Å²) < 4.78 is 13.2. The number of anilines is 1. The van der Waals surface area contributed by atoms with E-state index in [-0.39, 0.29) is 5.69 Å². The molecule has 0 aliphatic carbocycles. The number of rotatable bonds is 7. The summed E-state index contributed by atoms with van der Waals surface area (Å²) in [6, 6.07) is 15.6. The summed E-state index contributed by atoms with van der Waals surface area (Å²) in [5.41, 5.74) is 2.42. The number of benzene rings is 2. The van der Waals surface area contributed by atoms with Crippen LogP contribution in [-0.4, -0.2) is 25.9 Å². The maximum absolute atomic E-state index is 11.5. The second kappa shape index (κ2) is 10.0. The Bertz CT molecular complexity index is 1400. The van der Waals surface area contributed by atoms with Gasteiger partial charge < -0.3 is 14.5 Å². The van der Waals surface area contributed by atoms with E-state index in [4.69, 9.17) is 9.15 Å². The number of para-hydroxylation sites is 1. The van der Waals surface area contributed by atoms with E-state index < -0.39 is 11.2 Å². The molecule has 0 saturated carbocycles. The SMILES string of the molecule is CCCCSc1nnc2c(n1)O[C@H](c1ccc(-c3ccccc3[N+](=O)[O-])o1)Nc1ccc(Br)cc1-2. The molecule has 11 heteroatoms. The number of halogens is 1. The molecule has 5 rings (SSSR count). The van der Waals surface area contributed by atoms with E-state index in [1.54, 1.807) is 30.3 Å². The molecule has 9 nitrogen and oxygen atoms in total. The molecule has 2 aromatic carbocycles. The number of nitro benzene ring substituents is 1. The van der Waals surface area contributed by atoms with E-state index >= 15 is 0 Å². The lowest BCUT2D eigenvalue weighted by Crippen LogP contribution is -2.16. The summed E-state index contributed by atoms with van der Waals surface area (Å²) in [7, 11) is 0. The zero-order valence-corrected chi connectivity index (χ0v) is 21.0. The van der Waals surface area contributed by atoms with Crippen molar-refractivity contribution in [1.82, 2.24) is 15.2 Å². The highest BCUT2D eigenvalue weighted by Crippen LogP contribution is 2.42. The fraction of sp³-hybridized carbons (Fsp3) is 0.208. The number of ether oxygens (including phenoxy) is 1. The van der Waals surface area contributed by atoms with Crippen LogP contribution in [0.5, 0.6) is 5.88 Å². The van der Waals surface area contributed by atoms with Gasteiger partial charge in [0.1, 0.15) is 5.76 Å². The predicted octanol–water partition coefficient (Wildman–Crippen LogP) is 6.86. The monoisotopic (exact) mass is 553 g/mol. The number of hydrogen-bond acceptors (Lipinski definition) is 9. The molecule has 0 bridgehead atoms. The third kappa shape index (κ3) is 4.87. The Hall–Kier alpha value is -3.44. The minimum absolute atomic E-state index is 0.0330. The van der Waals surface area contributed by atoms with E-state index in [1.165, 1.54) is 17.8 Å². The largest absolute Gasteiger partial charge is 0.455 e. The van der Waals surface area contributed by atoms with Crippen molar-refractivity contribution in [2.75, 3.05) is 11.1 Å². The van der Waals surface area contributed by atoms with Crippen molar-refractivity contribution in [3.63, 3.8) is 0 Å². The molecule has 1 atom stereocenters. The number of unbranched alkanes of at least 4 members (excludes halogenated alkanes) is 1. The first-order valence-corrected chi connectivity index (χ1v) is 12.8. The second-order valence-corrected chi connectivity index (χ2v) is 9.74. The number of nitro groups is 1. The van der Waals surface area contributed by atoms with Gasteiger partial charge in [0.15, 0.2) is 11.5 Å². The van der Waals surface area contributed by atoms with Crippen LogP contribution in [0, 0.1) is 10.1 Å². The number of fused-ring (bicyclic) bond motifs is 3. The van der Waals surface area contributed by atoms with Gasteiger partial charge in [0.05, 0.1) is 10.5 Å². The zero-order chi connectivity index (χ0) is 24.4. The lowest BCUT2D eigenvalue weighted by molar-refractivity contribution is -0.384. The van der Waals surface area contributed by atoms with Gasteiger partial charge in [-0.2, -0.15) is 4.98 Å². The summed E-state index contributed by atoms with van der Waals surface area (Å²) in [4.78, 5) is 15.7. The highest BCUT2D eigenvalue weighted by atomic mass is 79.9. The van der Waals surface area contributed by atoms with E-state index in [9.17, 15) is 10.1 Å². The summed E-state index contributed by atoms with van der Waals surface area (Å²) in [5, 5.41) is 24.1. The maximum atomic E-state index is 11.5. The van der Waals surface area contributed by atoms with Crippen LogP contribution >= 0.6 is 27.7 Å². The van der Waals surface area contributed by atoms with Gasteiger partial charge in [-0.1, -0.05) is 53.2 Å². The van der Waals surface area contributed by atoms with Gasteiger partial charge in [-0.15, -0.1) is 10.2 Å². The molecule has 0 spiro atoms. The van der Waals surface area contributed by atoms with Crippen LogP contribution in [0.2, 0.25) is 0 Å². The van der Waals surface area contributed by atoms with Crippen LogP contribution in [0.15, 0.2) is 68.6 Å². The van der Waals surface area contributed by atoms with Crippen LogP contribution in [0.3, 0.4) is 0 Å². The molecule has 1 aliphatic heterocycles. The lowest BCUT2D eigenvalue weighted by atomic mass is 10.1. The Morgan fingerprint density at radius 3 is 2.83 bits per heavy atom. The van der Waals surface area contributed by atoms with Crippen molar-refractivity contribution >= 4 is 39.1 Å². The van der Waals surface area contributed by atoms with Crippen LogP contribution in [0.25, 0.3) is 22.6 Å². The summed E-state index contributed by atoms with van der Waals surface area (Å²) in [6.07, 6.45) is 1.39. The molecule has 0 fully saturated rings. The lowest BCUT2D eigenvalue weighted by Gasteiger charge is -2.16. The van der Waals surface area contributed by atoms with E-state index in [1.807, 2.05) is 18.2 Å². The molecular weight excluding hydrogens is 534 g/mol. The topological polar surface area (TPSA) is 116 Å². The van der Waals surface area contributed by atoms with E-state index in [0.29, 0.717) is 33.8 Å². The zero-order valence-electron chi connectivity index (χ0n) is 18.6. The van der Waals surface area contributed by atoms with Crippen molar-refractivity contribution in [3.05, 3.63) is 74.9 Å². The fourth-order valence-electron chi connectivity index (χ4n) is 3.65. The number of nitrogens with one attached hydrogen (secondary N) is 1. The Kier molecular flexibility index (Phi) is 6.69. The van der Waals surface area contributed by atoms with Gasteiger partial charge in [0.25, 0.3) is 5.69 Å².